The van der Waals surface area contributed by atoms with Crippen molar-refractivity contribution in [2.45, 2.75) is 12.5 Å². The molecule has 1 amide bonds. The third kappa shape index (κ3) is 2.67. The molecule has 4 rings (SSSR count). The Bertz CT molecular complexity index is 988. The molecule has 0 bridgehead atoms. The fraction of sp³-hybridized carbons (Fsp3) is 0.118. The van der Waals surface area contributed by atoms with Gasteiger partial charge in [-0.25, -0.2) is 4.79 Å². The smallest absolute Gasteiger partial charge is 0.408 e. The predicted octanol–water partition coefficient (Wildman–Crippen LogP) is 2.25. The molecule has 2 heterocycles. The van der Waals surface area contributed by atoms with Gasteiger partial charge in [-0.15, -0.1) is 0 Å². The zero-order chi connectivity index (χ0) is 16.5. The molecule has 1 atom stereocenters. The lowest BCUT2D eigenvalue weighted by Crippen LogP contribution is -2.28. The van der Waals surface area contributed by atoms with Crippen LogP contribution >= 0.6 is 0 Å². The largest absolute Gasteiger partial charge is 0.417 e. The van der Waals surface area contributed by atoms with Gasteiger partial charge < -0.3 is 14.6 Å². The Morgan fingerprint density at radius 3 is 2.88 bits per heavy atom. The molecule has 24 heavy (non-hydrogen) atoms. The molecular weight excluding hydrogens is 310 g/mol. The van der Waals surface area contributed by atoms with Crippen LogP contribution in [0, 0.1) is 0 Å². The second kappa shape index (κ2) is 5.69. The number of oxazole rings is 1. The third-order valence-electron chi connectivity index (χ3n) is 3.75. The van der Waals surface area contributed by atoms with E-state index in [1.807, 2.05) is 30.3 Å². The molecule has 0 saturated heterocycles. The van der Waals surface area contributed by atoms with Crippen LogP contribution in [-0.4, -0.2) is 22.7 Å². The second-order valence-corrected chi connectivity index (χ2v) is 5.42. The van der Waals surface area contributed by atoms with Gasteiger partial charge in [-0.2, -0.15) is 0 Å². The number of nitrogens with zero attached hydrogens (tertiary/aromatic N) is 1. The molecule has 1 aliphatic rings. The number of H-pyrrole nitrogens is 1. The van der Waals surface area contributed by atoms with Crippen molar-refractivity contribution in [1.29, 1.82) is 0 Å². The molecule has 0 aliphatic carbocycles. The molecule has 0 fully saturated rings. The van der Waals surface area contributed by atoms with E-state index in [1.165, 1.54) is 0 Å². The van der Waals surface area contributed by atoms with Crippen LogP contribution in [0.3, 0.4) is 0 Å². The summed E-state index contributed by atoms with van der Waals surface area (Å²) in [5, 5.41) is 6.75. The van der Waals surface area contributed by atoms with E-state index < -0.39 is 11.9 Å². The topological polar surface area (TPSA) is 96.7 Å². The molecule has 1 aliphatic heterocycles. The van der Waals surface area contributed by atoms with Crippen LogP contribution in [0.5, 0.6) is 0 Å². The first-order valence-corrected chi connectivity index (χ1v) is 7.41. The van der Waals surface area contributed by atoms with Crippen molar-refractivity contribution >= 4 is 28.4 Å². The molecule has 7 heteroatoms. The van der Waals surface area contributed by atoms with Crippen molar-refractivity contribution in [3.63, 3.8) is 0 Å². The number of carbonyl (C=O) groups is 1. The molecule has 0 saturated carbocycles. The van der Waals surface area contributed by atoms with Gasteiger partial charge in [-0.1, -0.05) is 35.5 Å². The van der Waals surface area contributed by atoms with E-state index in [0.29, 0.717) is 23.2 Å². The summed E-state index contributed by atoms with van der Waals surface area (Å²) >= 11 is 0. The Morgan fingerprint density at radius 1 is 1.21 bits per heavy atom. The molecule has 2 N–H and O–H groups in total. The van der Waals surface area contributed by atoms with Crippen molar-refractivity contribution in [1.82, 2.24) is 4.98 Å². The lowest BCUT2D eigenvalue weighted by atomic mass is 10.0. The quantitative estimate of drug-likeness (QED) is 0.772. The van der Waals surface area contributed by atoms with Crippen molar-refractivity contribution in [3.8, 4) is 0 Å². The van der Waals surface area contributed by atoms with Crippen LogP contribution in [0.2, 0.25) is 0 Å². The van der Waals surface area contributed by atoms with Crippen molar-refractivity contribution in [3.05, 3.63) is 64.6 Å². The maximum Gasteiger partial charge on any atom is 0.417 e. The Hall–Kier alpha value is -3.35. The number of oxime groups is 1. The van der Waals surface area contributed by atoms with E-state index in [9.17, 15) is 9.59 Å². The highest BCUT2D eigenvalue weighted by molar-refractivity contribution is 6.06. The highest BCUT2D eigenvalue weighted by atomic mass is 16.6. The minimum atomic E-state index is -0.681. The van der Waals surface area contributed by atoms with Gasteiger partial charge in [0.25, 0.3) is 5.91 Å². The number of nitrogens with one attached hydrogen (secondary N) is 2. The molecule has 2 aromatic carbocycles. The van der Waals surface area contributed by atoms with Gasteiger partial charge in [0.05, 0.1) is 11.2 Å². The number of hydrogen-bond acceptors (Lipinski definition) is 5. The first kappa shape index (κ1) is 14.3. The Labute approximate surface area is 135 Å². The SMILES string of the molecule is O=C(Nc1ccc2oc(=O)[nH]c2c1)C1CC(c2ccccc2)=NO1. The van der Waals surface area contributed by atoms with E-state index in [0.717, 1.165) is 11.3 Å². The van der Waals surface area contributed by atoms with Crippen LogP contribution < -0.4 is 11.1 Å². The Balaban J connectivity index is 1.46. The minimum absolute atomic E-state index is 0.296. The standard InChI is InChI=1S/C17H13N3O4/c21-16(15-9-12(20-24-15)10-4-2-1-3-5-10)18-11-6-7-14-13(8-11)19-17(22)23-14/h1-8,15H,9H2,(H,18,21)(H,19,22). The Kier molecular flexibility index (Phi) is 3.38. The minimum Gasteiger partial charge on any atom is -0.408 e. The maximum atomic E-state index is 12.3. The normalized spacial score (nSPS) is 16.7. The van der Waals surface area contributed by atoms with E-state index >= 15 is 0 Å². The van der Waals surface area contributed by atoms with Gasteiger partial charge in [0.1, 0.15) is 0 Å². The number of carbonyl (C=O) groups excluding carboxylic acids is 1. The van der Waals surface area contributed by atoms with E-state index in [4.69, 9.17) is 9.25 Å². The molecule has 1 unspecified atom stereocenters. The van der Waals surface area contributed by atoms with Crippen LogP contribution in [0.15, 0.2) is 62.9 Å². The number of hydrogen-bond donors (Lipinski definition) is 2. The van der Waals surface area contributed by atoms with Crippen molar-refractivity contribution < 1.29 is 14.0 Å². The summed E-state index contributed by atoms with van der Waals surface area (Å²) in [6, 6.07) is 14.5. The summed E-state index contributed by atoms with van der Waals surface area (Å²) in [4.78, 5) is 31.3. The van der Waals surface area contributed by atoms with Gasteiger partial charge in [-0.05, 0) is 23.8 Å². The van der Waals surface area contributed by atoms with E-state index in [2.05, 4.69) is 15.5 Å². The number of rotatable bonds is 3. The van der Waals surface area contributed by atoms with Gasteiger partial charge >= 0.3 is 5.76 Å². The summed E-state index contributed by atoms with van der Waals surface area (Å²) in [5.41, 5.74) is 3.17. The fourth-order valence-corrected chi connectivity index (χ4v) is 2.57. The lowest BCUT2D eigenvalue weighted by molar-refractivity contribution is -0.125. The summed E-state index contributed by atoms with van der Waals surface area (Å²) in [6.07, 6.45) is -0.278. The summed E-state index contributed by atoms with van der Waals surface area (Å²) < 4.78 is 4.92. The van der Waals surface area contributed by atoms with Gasteiger partial charge in [0, 0.05) is 12.1 Å². The number of aromatic nitrogens is 1. The average molecular weight is 323 g/mol. The average Bonchev–Trinajstić information content (AvgIpc) is 3.21. The summed E-state index contributed by atoms with van der Waals surface area (Å²) in [6.45, 7) is 0. The zero-order valence-electron chi connectivity index (χ0n) is 12.5. The van der Waals surface area contributed by atoms with E-state index in [1.54, 1.807) is 18.2 Å². The number of anilines is 1. The number of benzene rings is 2. The summed E-state index contributed by atoms with van der Waals surface area (Å²) in [5.74, 6) is -0.830. The highest BCUT2D eigenvalue weighted by Crippen LogP contribution is 2.20. The van der Waals surface area contributed by atoms with Crippen LogP contribution in [-0.2, 0) is 9.63 Å². The van der Waals surface area contributed by atoms with Gasteiger partial charge in [0.15, 0.2) is 5.58 Å². The van der Waals surface area contributed by atoms with Crippen molar-refractivity contribution in [2.24, 2.45) is 5.16 Å². The van der Waals surface area contributed by atoms with Crippen LogP contribution in [0.25, 0.3) is 11.1 Å². The molecule has 120 valence electrons. The first-order chi connectivity index (χ1) is 11.7. The first-order valence-electron chi connectivity index (χ1n) is 7.41. The molecule has 0 spiro atoms. The highest BCUT2D eigenvalue weighted by Gasteiger charge is 2.28. The molecule has 0 radical (unpaired) electrons. The van der Waals surface area contributed by atoms with Gasteiger partial charge in [0.2, 0.25) is 6.10 Å². The lowest BCUT2D eigenvalue weighted by Gasteiger charge is -2.09. The van der Waals surface area contributed by atoms with E-state index in [-0.39, 0.29) is 5.91 Å². The predicted molar refractivity (Wildman–Crippen MR) is 87.9 cm³/mol. The Morgan fingerprint density at radius 2 is 2.04 bits per heavy atom. The molecule has 1 aromatic heterocycles. The molecule has 7 nitrogen and oxygen atoms in total. The third-order valence-corrected chi connectivity index (χ3v) is 3.75. The number of fused-ring (bicyclic) bond motifs is 1. The fourth-order valence-electron chi connectivity index (χ4n) is 2.57. The zero-order valence-corrected chi connectivity index (χ0v) is 12.5. The summed E-state index contributed by atoms with van der Waals surface area (Å²) in [7, 11) is 0. The van der Waals surface area contributed by atoms with Crippen LogP contribution in [0.4, 0.5) is 5.69 Å². The monoisotopic (exact) mass is 323 g/mol. The van der Waals surface area contributed by atoms with Gasteiger partial charge in [-0.3, -0.25) is 9.78 Å². The molecular formula is C17H13N3O4. The van der Waals surface area contributed by atoms with Crippen molar-refractivity contribution in [2.75, 3.05) is 5.32 Å². The second-order valence-electron chi connectivity index (χ2n) is 5.42. The molecule has 3 aromatic rings. The van der Waals surface area contributed by atoms with Crippen LogP contribution in [0.1, 0.15) is 12.0 Å². The number of aromatic amines is 1. The number of amides is 1. The maximum absolute atomic E-state index is 12.3.